The van der Waals surface area contributed by atoms with Gasteiger partial charge in [0, 0.05) is 5.39 Å². The molecule has 1 heterocycles. The highest BCUT2D eigenvalue weighted by atomic mass is 19.1. The molecule has 14 heavy (non-hydrogen) atoms. The average molecular weight is 191 g/mol. The Hall–Kier alpha value is -2.04. The van der Waals surface area contributed by atoms with E-state index in [1.807, 2.05) is 0 Å². The molecule has 0 atom stereocenters. The second kappa shape index (κ2) is 3.02. The van der Waals surface area contributed by atoms with Crippen LogP contribution in [0.1, 0.15) is 10.5 Å². The molecule has 0 bridgehead atoms. The molecule has 1 amide bonds. The van der Waals surface area contributed by atoms with E-state index in [1.54, 1.807) is 18.2 Å². The number of aromatic nitrogens is 2. The fraction of sp³-hybridized carbons (Fsp3) is 0. The Morgan fingerprint density at radius 1 is 1.29 bits per heavy atom. The normalized spacial score (nSPS) is 10.4. The highest BCUT2D eigenvalue weighted by Crippen LogP contribution is 2.15. The summed E-state index contributed by atoms with van der Waals surface area (Å²) in [5.41, 5.74) is 4.90. The fourth-order valence-corrected chi connectivity index (χ4v) is 1.18. The molecule has 0 saturated heterocycles. The first-order valence-electron chi connectivity index (χ1n) is 3.91. The summed E-state index contributed by atoms with van der Waals surface area (Å²) >= 11 is 0. The molecule has 2 aromatic rings. The van der Waals surface area contributed by atoms with E-state index in [2.05, 4.69) is 10.2 Å². The number of nitrogens with two attached hydrogens (primary N) is 1. The van der Waals surface area contributed by atoms with Crippen LogP contribution in [0.15, 0.2) is 24.3 Å². The van der Waals surface area contributed by atoms with Crippen LogP contribution in [-0.4, -0.2) is 16.1 Å². The van der Waals surface area contributed by atoms with Crippen molar-refractivity contribution in [2.24, 2.45) is 5.73 Å². The lowest BCUT2D eigenvalue weighted by molar-refractivity contribution is 0.0990. The lowest BCUT2D eigenvalue weighted by Crippen LogP contribution is -2.16. The van der Waals surface area contributed by atoms with Crippen molar-refractivity contribution in [1.29, 1.82) is 0 Å². The second-order valence-electron chi connectivity index (χ2n) is 2.74. The van der Waals surface area contributed by atoms with Crippen molar-refractivity contribution in [3.05, 3.63) is 35.8 Å². The van der Waals surface area contributed by atoms with E-state index >= 15 is 0 Å². The van der Waals surface area contributed by atoms with Crippen LogP contribution in [0.5, 0.6) is 0 Å². The molecule has 1 aromatic carbocycles. The summed E-state index contributed by atoms with van der Waals surface area (Å²) in [6.07, 6.45) is 0. The minimum absolute atomic E-state index is 0.247. The zero-order chi connectivity index (χ0) is 10.1. The number of primary amides is 1. The van der Waals surface area contributed by atoms with Crippen molar-refractivity contribution in [3.8, 4) is 0 Å². The number of nitrogens with zero attached hydrogens (tertiary/aromatic N) is 2. The van der Waals surface area contributed by atoms with E-state index in [0.29, 0.717) is 5.52 Å². The fourth-order valence-electron chi connectivity index (χ4n) is 1.18. The lowest BCUT2D eigenvalue weighted by atomic mass is 10.2. The number of carbonyl (C=O) groups is 1. The molecule has 0 unspecified atom stereocenters. The first kappa shape index (κ1) is 8.55. The summed E-state index contributed by atoms with van der Waals surface area (Å²) in [4.78, 5) is 10.7. The van der Waals surface area contributed by atoms with Gasteiger partial charge in [-0.15, -0.1) is 10.2 Å². The topological polar surface area (TPSA) is 68.9 Å². The molecule has 2 rings (SSSR count). The number of halogens is 1. The maximum Gasteiger partial charge on any atom is 0.272 e. The molecule has 0 aliphatic rings. The molecule has 0 saturated carbocycles. The Kier molecular flexibility index (Phi) is 1.85. The van der Waals surface area contributed by atoms with Gasteiger partial charge < -0.3 is 5.73 Å². The number of benzene rings is 1. The van der Waals surface area contributed by atoms with E-state index in [0.717, 1.165) is 0 Å². The molecule has 0 radical (unpaired) electrons. The Bertz CT molecular complexity index is 512. The molecule has 0 aliphatic carbocycles. The van der Waals surface area contributed by atoms with E-state index in [4.69, 9.17) is 5.73 Å². The van der Waals surface area contributed by atoms with Gasteiger partial charge in [-0.3, -0.25) is 4.79 Å². The molecular weight excluding hydrogens is 185 g/mol. The van der Waals surface area contributed by atoms with Crippen LogP contribution in [0.4, 0.5) is 4.39 Å². The SMILES string of the molecule is NC(=O)c1nnc2ccccc2c1F. The van der Waals surface area contributed by atoms with Crippen molar-refractivity contribution in [3.63, 3.8) is 0 Å². The number of hydrogen-bond donors (Lipinski definition) is 1. The summed E-state index contributed by atoms with van der Waals surface area (Å²) in [5.74, 6) is -1.64. The Morgan fingerprint density at radius 3 is 2.71 bits per heavy atom. The Labute approximate surface area is 78.6 Å². The van der Waals surface area contributed by atoms with Crippen LogP contribution in [0.3, 0.4) is 0 Å². The third-order valence-electron chi connectivity index (χ3n) is 1.84. The van der Waals surface area contributed by atoms with Crippen LogP contribution in [0.2, 0.25) is 0 Å². The summed E-state index contributed by atoms with van der Waals surface area (Å²) in [5, 5.41) is 7.33. The van der Waals surface area contributed by atoms with Gasteiger partial charge in [-0.05, 0) is 12.1 Å². The summed E-state index contributed by atoms with van der Waals surface area (Å²) < 4.78 is 13.5. The number of carbonyl (C=O) groups excluding carboxylic acids is 1. The van der Waals surface area contributed by atoms with E-state index in [1.165, 1.54) is 6.07 Å². The number of fused-ring (bicyclic) bond motifs is 1. The quantitative estimate of drug-likeness (QED) is 0.727. The summed E-state index contributed by atoms with van der Waals surface area (Å²) in [6, 6.07) is 6.49. The van der Waals surface area contributed by atoms with Crippen LogP contribution in [0, 0.1) is 5.82 Å². The van der Waals surface area contributed by atoms with Crippen LogP contribution < -0.4 is 5.73 Å². The molecule has 1 aromatic heterocycles. The van der Waals surface area contributed by atoms with Gasteiger partial charge >= 0.3 is 0 Å². The van der Waals surface area contributed by atoms with E-state index < -0.39 is 17.4 Å². The largest absolute Gasteiger partial charge is 0.364 e. The van der Waals surface area contributed by atoms with Gasteiger partial charge in [0.1, 0.15) is 0 Å². The third-order valence-corrected chi connectivity index (χ3v) is 1.84. The first-order chi connectivity index (χ1) is 6.70. The number of hydrogen-bond acceptors (Lipinski definition) is 3. The highest BCUT2D eigenvalue weighted by molar-refractivity contribution is 5.94. The van der Waals surface area contributed by atoms with Crippen LogP contribution >= 0.6 is 0 Å². The first-order valence-corrected chi connectivity index (χ1v) is 3.91. The standard InChI is InChI=1S/C9H6FN3O/c10-7-5-3-1-2-4-6(5)12-13-8(7)9(11)14/h1-4H,(H2,11,14). The summed E-state index contributed by atoms with van der Waals surface area (Å²) in [7, 11) is 0. The second-order valence-corrected chi connectivity index (χ2v) is 2.74. The van der Waals surface area contributed by atoms with Gasteiger partial charge in [-0.25, -0.2) is 4.39 Å². The van der Waals surface area contributed by atoms with Crippen LogP contribution in [-0.2, 0) is 0 Å². The smallest absolute Gasteiger partial charge is 0.272 e. The highest BCUT2D eigenvalue weighted by Gasteiger charge is 2.13. The predicted molar refractivity (Wildman–Crippen MR) is 48.0 cm³/mol. The molecule has 2 N–H and O–H groups in total. The van der Waals surface area contributed by atoms with Crippen LogP contribution in [0.25, 0.3) is 10.9 Å². The van der Waals surface area contributed by atoms with Crippen molar-refractivity contribution in [1.82, 2.24) is 10.2 Å². The molecule has 70 valence electrons. The third kappa shape index (κ3) is 1.19. The van der Waals surface area contributed by atoms with Crippen molar-refractivity contribution in [2.45, 2.75) is 0 Å². The average Bonchev–Trinajstić information content (AvgIpc) is 2.18. The maximum absolute atomic E-state index is 13.5. The van der Waals surface area contributed by atoms with Crippen molar-refractivity contribution in [2.75, 3.05) is 0 Å². The van der Waals surface area contributed by atoms with E-state index in [9.17, 15) is 9.18 Å². The lowest BCUT2D eigenvalue weighted by Gasteiger charge is -2.00. The molecule has 0 aliphatic heterocycles. The summed E-state index contributed by atoms with van der Waals surface area (Å²) in [6.45, 7) is 0. The minimum atomic E-state index is -0.916. The van der Waals surface area contributed by atoms with Gasteiger partial charge in [-0.2, -0.15) is 0 Å². The Balaban J connectivity index is 2.81. The molecule has 0 fully saturated rings. The monoisotopic (exact) mass is 191 g/mol. The zero-order valence-electron chi connectivity index (χ0n) is 7.07. The van der Waals surface area contributed by atoms with Gasteiger partial charge in [-0.1, -0.05) is 12.1 Å². The van der Waals surface area contributed by atoms with Gasteiger partial charge in [0.25, 0.3) is 5.91 Å². The maximum atomic E-state index is 13.5. The number of amides is 1. The zero-order valence-corrected chi connectivity index (χ0v) is 7.07. The van der Waals surface area contributed by atoms with E-state index in [-0.39, 0.29) is 5.39 Å². The minimum Gasteiger partial charge on any atom is -0.364 e. The molecular formula is C9H6FN3O. The van der Waals surface area contributed by atoms with Gasteiger partial charge in [0.15, 0.2) is 11.5 Å². The predicted octanol–water partition coefficient (Wildman–Crippen LogP) is 0.868. The number of rotatable bonds is 1. The molecule has 4 nitrogen and oxygen atoms in total. The van der Waals surface area contributed by atoms with Gasteiger partial charge in [0.2, 0.25) is 0 Å². The molecule has 0 spiro atoms. The van der Waals surface area contributed by atoms with Gasteiger partial charge in [0.05, 0.1) is 5.52 Å². The van der Waals surface area contributed by atoms with Crippen molar-refractivity contribution >= 4 is 16.8 Å². The Morgan fingerprint density at radius 2 is 2.00 bits per heavy atom. The van der Waals surface area contributed by atoms with Crippen molar-refractivity contribution < 1.29 is 9.18 Å². The molecule has 5 heteroatoms.